The number of hydrogen-bond donors (Lipinski definition) is 1. The molecule has 3 aromatic rings. The zero-order valence-electron chi connectivity index (χ0n) is 11.6. The summed E-state index contributed by atoms with van der Waals surface area (Å²) in [4.78, 5) is 17.5. The molecule has 0 unspecified atom stereocenters. The lowest BCUT2D eigenvalue weighted by atomic mass is 10.2. The summed E-state index contributed by atoms with van der Waals surface area (Å²) in [5.74, 6) is 0.755. The smallest absolute Gasteiger partial charge is 0.270 e. The zero-order chi connectivity index (χ0) is 14.8. The van der Waals surface area contributed by atoms with Crippen LogP contribution < -0.4 is 0 Å². The molecule has 5 heteroatoms. The first-order valence-electron chi connectivity index (χ1n) is 6.77. The fourth-order valence-corrected chi connectivity index (χ4v) is 2.69. The van der Waals surface area contributed by atoms with Crippen molar-refractivity contribution in [2.45, 2.75) is 13.5 Å². The van der Waals surface area contributed by atoms with Crippen LogP contribution in [0.5, 0.6) is 0 Å². The molecule has 108 valence electrons. The molecule has 0 aliphatic heterocycles. The average Bonchev–Trinajstić information content (AvgIpc) is 3.12. The van der Waals surface area contributed by atoms with Gasteiger partial charge in [0.05, 0.1) is 12.8 Å². The van der Waals surface area contributed by atoms with Crippen molar-refractivity contribution in [3.05, 3.63) is 58.6 Å². The Morgan fingerprint density at radius 1 is 1.33 bits per heavy atom. The molecule has 0 aliphatic carbocycles. The Hall–Kier alpha value is -2.01. The van der Waals surface area contributed by atoms with Crippen LogP contribution in [-0.4, -0.2) is 22.3 Å². The van der Waals surface area contributed by atoms with E-state index in [-0.39, 0.29) is 5.91 Å². The Bertz CT molecular complexity index is 762. The van der Waals surface area contributed by atoms with Gasteiger partial charge in [-0.3, -0.25) is 4.79 Å². The van der Waals surface area contributed by atoms with Gasteiger partial charge in [0.15, 0.2) is 0 Å². The molecule has 0 aliphatic rings. The molecule has 2 heterocycles. The van der Waals surface area contributed by atoms with Crippen LogP contribution in [0, 0.1) is 0 Å². The van der Waals surface area contributed by atoms with E-state index in [0.29, 0.717) is 18.8 Å². The van der Waals surface area contributed by atoms with Crippen LogP contribution in [-0.2, 0) is 6.54 Å². The van der Waals surface area contributed by atoms with E-state index in [0.717, 1.165) is 21.1 Å². The molecule has 0 fully saturated rings. The lowest BCUT2D eigenvalue weighted by molar-refractivity contribution is 0.0736. The van der Waals surface area contributed by atoms with Crippen LogP contribution in [0.15, 0.2) is 51.6 Å². The van der Waals surface area contributed by atoms with E-state index in [1.165, 1.54) is 0 Å². The number of aromatic amines is 1. The third kappa shape index (κ3) is 2.88. The number of amides is 1. The number of fused-ring (bicyclic) bond motifs is 1. The van der Waals surface area contributed by atoms with Gasteiger partial charge in [-0.2, -0.15) is 0 Å². The lowest BCUT2D eigenvalue weighted by Crippen LogP contribution is -2.30. The predicted octanol–water partition coefficient (Wildman–Crippen LogP) is 4.19. The molecule has 1 aromatic carbocycles. The molecule has 0 spiro atoms. The highest BCUT2D eigenvalue weighted by Crippen LogP contribution is 2.21. The second-order valence-corrected chi connectivity index (χ2v) is 5.73. The van der Waals surface area contributed by atoms with Crippen molar-refractivity contribution < 1.29 is 9.21 Å². The topological polar surface area (TPSA) is 49.2 Å². The number of benzene rings is 1. The van der Waals surface area contributed by atoms with Crippen LogP contribution >= 0.6 is 15.9 Å². The standard InChI is InChI=1S/C16H15BrN2O2/c1-2-19(10-13-4-3-7-21-13)16(20)15-9-11-8-12(17)5-6-14(11)18-15/h3-9,18H,2,10H2,1H3. The molecular formula is C16H15BrN2O2. The van der Waals surface area contributed by atoms with E-state index in [1.54, 1.807) is 11.2 Å². The minimum atomic E-state index is -0.0266. The fraction of sp³-hybridized carbons (Fsp3) is 0.188. The highest BCUT2D eigenvalue weighted by molar-refractivity contribution is 9.10. The first kappa shape index (κ1) is 13.9. The van der Waals surface area contributed by atoms with Gasteiger partial charge in [0.25, 0.3) is 5.91 Å². The van der Waals surface area contributed by atoms with Gasteiger partial charge in [0.2, 0.25) is 0 Å². The van der Waals surface area contributed by atoms with Crippen LogP contribution in [0.25, 0.3) is 10.9 Å². The predicted molar refractivity (Wildman–Crippen MR) is 85.1 cm³/mol. The SMILES string of the molecule is CCN(Cc1ccco1)C(=O)c1cc2cc(Br)ccc2[nH]1. The number of carbonyl (C=O) groups is 1. The Morgan fingerprint density at radius 2 is 2.19 bits per heavy atom. The average molecular weight is 347 g/mol. The van der Waals surface area contributed by atoms with E-state index < -0.39 is 0 Å². The molecule has 3 rings (SSSR count). The van der Waals surface area contributed by atoms with Gasteiger partial charge in [-0.25, -0.2) is 0 Å². The number of halogens is 1. The summed E-state index contributed by atoms with van der Waals surface area (Å²) in [5.41, 5.74) is 1.55. The van der Waals surface area contributed by atoms with E-state index in [1.807, 2.05) is 43.3 Å². The number of nitrogens with one attached hydrogen (secondary N) is 1. The summed E-state index contributed by atoms with van der Waals surface area (Å²) >= 11 is 3.44. The van der Waals surface area contributed by atoms with Crippen molar-refractivity contribution in [2.75, 3.05) is 6.54 Å². The van der Waals surface area contributed by atoms with Crippen molar-refractivity contribution >= 4 is 32.7 Å². The van der Waals surface area contributed by atoms with Gasteiger partial charge in [0.1, 0.15) is 11.5 Å². The summed E-state index contributed by atoms with van der Waals surface area (Å²) in [7, 11) is 0. The van der Waals surface area contributed by atoms with Gasteiger partial charge in [-0.1, -0.05) is 15.9 Å². The lowest BCUT2D eigenvalue weighted by Gasteiger charge is -2.18. The third-order valence-corrected chi connectivity index (χ3v) is 3.90. The highest BCUT2D eigenvalue weighted by Gasteiger charge is 2.17. The number of carbonyl (C=O) groups excluding carboxylic acids is 1. The zero-order valence-corrected chi connectivity index (χ0v) is 13.2. The van der Waals surface area contributed by atoms with Crippen molar-refractivity contribution in [3.63, 3.8) is 0 Å². The van der Waals surface area contributed by atoms with Crippen molar-refractivity contribution in [3.8, 4) is 0 Å². The number of H-pyrrole nitrogens is 1. The van der Waals surface area contributed by atoms with Gasteiger partial charge in [-0.15, -0.1) is 0 Å². The van der Waals surface area contributed by atoms with E-state index >= 15 is 0 Å². The number of rotatable bonds is 4. The first-order chi connectivity index (χ1) is 10.2. The minimum Gasteiger partial charge on any atom is -0.467 e. The van der Waals surface area contributed by atoms with Gasteiger partial charge in [-0.05, 0) is 43.3 Å². The van der Waals surface area contributed by atoms with Gasteiger partial charge < -0.3 is 14.3 Å². The number of hydrogen-bond acceptors (Lipinski definition) is 2. The normalized spacial score (nSPS) is 11.0. The molecule has 0 bridgehead atoms. The Kier molecular flexibility index (Phi) is 3.84. The quantitative estimate of drug-likeness (QED) is 0.770. The maximum atomic E-state index is 12.6. The summed E-state index contributed by atoms with van der Waals surface area (Å²) in [5, 5.41) is 1.02. The first-order valence-corrected chi connectivity index (χ1v) is 7.56. The fourth-order valence-electron chi connectivity index (χ4n) is 2.31. The molecule has 0 radical (unpaired) electrons. The minimum absolute atomic E-state index is 0.0266. The maximum absolute atomic E-state index is 12.6. The summed E-state index contributed by atoms with van der Waals surface area (Å²) in [6, 6.07) is 11.5. The molecule has 1 amide bonds. The van der Waals surface area contributed by atoms with Gasteiger partial charge in [0, 0.05) is 21.9 Å². The number of aromatic nitrogens is 1. The Morgan fingerprint density at radius 3 is 2.90 bits per heavy atom. The summed E-state index contributed by atoms with van der Waals surface area (Å²) < 4.78 is 6.31. The van der Waals surface area contributed by atoms with Crippen molar-refractivity contribution in [1.82, 2.24) is 9.88 Å². The molecule has 21 heavy (non-hydrogen) atoms. The third-order valence-electron chi connectivity index (χ3n) is 3.41. The highest BCUT2D eigenvalue weighted by atomic mass is 79.9. The number of furan rings is 1. The monoisotopic (exact) mass is 346 g/mol. The Labute approximate surface area is 130 Å². The second-order valence-electron chi connectivity index (χ2n) is 4.81. The molecule has 0 atom stereocenters. The molecule has 2 aromatic heterocycles. The molecule has 0 saturated carbocycles. The van der Waals surface area contributed by atoms with E-state index in [2.05, 4.69) is 20.9 Å². The molecular weight excluding hydrogens is 332 g/mol. The van der Waals surface area contributed by atoms with Crippen LogP contribution in [0.4, 0.5) is 0 Å². The molecule has 0 saturated heterocycles. The second kappa shape index (κ2) is 5.77. The van der Waals surface area contributed by atoms with Crippen LogP contribution in [0.1, 0.15) is 23.2 Å². The summed E-state index contributed by atoms with van der Waals surface area (Å²) in [6.07, 6.45) is 1.62. The van der Waals surface area contributed by atoms with E-state index in [9.17, 15) is 4.79 Å². The maximum Gasteiger partial charge on any atom is 0.270 e. The van der Waals surface area contributed by atoms with Crippen LogP contribution in [0.2, 0.25) is 0 Å². The molecule has 4 nitrogen and oxygen atoms in total. The van der Waals surface area contributed by atoms with Crippen molar-refractivity contribution in [1.29, 1.82) is 0 Å². The largest absolute Gasteiger partial charge is 0.467 e. The Balaban J connectivity index is 1.87. The van der Waals surface area contributed by atoms with Crippen molar-refractivity contribution in [2.24, 2.45) is 0 Å². The number of nitrogens with zero attached hydrogens (tertiary/aromatic N) is 1. The van der Waals surface area contributed by atoms with E-state index in [4.69, 9.17) is 4.42 Å². The summed E-state index contributed by atoms with van der Waals surface area (Å²) in [6.45, 7) is 3.06. The molecule has 1 N–H and O–H groups in total. The van der Waals surface area contributed by atoms with Crippen LogP contribution in [0.3, 0.4) is 0 Å². The van der Waals surface area contributed by atoms with Gasteiger partial charge >= 0.3 is 0 Å².